The molecule has 0 atom stereocenters. The zero-order chi connectivity index (χ0) is 17.1. The monoisotopic (exact) mass is 343 g/mol. The van der Waals surface area contributed by atoms with E-state index in [0.29, 0.717) is 45.4 Å². The zero-order valence-corrected chi connectivity index (χ0v) is 14.9. The molecule has 0 N–H and O–H groups in total. The maximum absolute atomic E-state index is 10.5. The van der Waals surface area contributed by atoms with E-state index in [1.165, 1.54) is 12.1 Å². The van der Waals surface area contributed by atoms with Crippen LogP contribution in [0.1, 0.15) is 0 Å². The molecule has 8 heteroatoms. The summed E-state index contributed by atoms with van der Waals surface area (Å²) in [6.45, 7) is 9.46. The maximum atomic E-state index is 10.5. The highest BCUT2D eigenvalue weighted by molar-refractivity contribution is 6.69. The predicted octanol–water partition coefficient (Wildman–Crippen LogP) is 2.86. The molecule has 1 rings (SSSR count). The Morgan fingerprint density at radius 2 is 1.43 bits per heavy atom. The number of benzene rings is 1. The lowest BCUT2D eigenvalue weighted by molar-refractivity contribution is -0.384. The molecule has 0 fully saturated rings. The molecule has 0 saturated carbocycles. The van der Waals surface area contributed by atoms with Crippen LogP contribution in [0.3, 0.4) is 0 Å². The second-order valence-corrected chi connectivity index (χ2v) is 10.3. The molecule has 0 heterocycles. The van der Waals surface area contributed by atoms with Crippen LogP contribution in [0.15, 0.2) is 24.3 Å². The topological polar surface area (TPSA) is 80.1 Å². The third-order valence-corrected chi connectivity index (χ3v) is 3.75. The minimum Gasteiger partial charge on any atom is -0.491 e. The number of non-ortho nitro benzene ring substituents is 1. The molecular formula is C15H25NO6Si. The van der Waals surface area contributed by atoms with Gasteiger partial charge in [0.1, 0.15) is 12.4 Å². The van der Waals surface area contributed by atoms with Crippen molar-refractivity contribution in [1.82, 2.24) is 0 Å². The van der Waals surface area contributed by atoms with Crippen LogP contribution in [0.2, 0.25) is 19.6 Å². The molecule has 0 radical (unpaired) electrons. The summed E-state index contributed by atoms with van der Waals surface area (Å²) in [6.07, 6.45) is 0. The molecule has 23 heavy (non-hydrogen) atoms. The first kappa shape index (κ1) is 19.6. The Morgan fingerprint density at radius 3 is 1.96 bits per heavy atom. The van der Waals surface area contributed by atoms with Gasteiger partial charge in [-0.15, -0.1) is 0 Å². The van der Waals surface area contributed by atoms with Gasteiger partial charge >= 0.3 is 0 Å². The van der Waals surface area contributed by atoms with Crippen LogP contribution in [0.4, 0.5) is 5.69 Å². The Labute approximate surface area is 137 Å². The first-order chi connectivity index (χ1) is 10.9. The first-order valence-corrected chi connectivity index (χ1v) is 11.0. The van der Waals surface area contributed by atoms with Crippen LogP contribution >= 0.6 is 0 Å². The summed E-state index contributed by atoms with van der Waals surface area (Å²) in [5, 5.41) is 10.5. The van der Waals surface area contributed by atoms with Crippen molar-refractivity contribution in [1.29, 1.82) is 0 Å². The molecule has 0 spiro atoms. The molecule has 0 unspecified atom stereocenters. The predicted molar refractivity (Wildman–Crippen MR) is 89.5 cm³/mol. The van der Waals surface area contributed by atoms with Gasteiger partial charge in [0.25, 0.3) is 5.69 Å². The van der Waals surface area contributed by atoms with E-state index in [1.54, 1.807) is 12.1 Å². The fourth-order valence-corrected chi connectivity index (χ4v) is 2.31. The van der Waals surface area contributed by atoms with Crippen LogP contribution in [0, 0.1) is 10.1 Å². The molecule has 0 aliphatic heterocycles. The third-order valence-electron chi connectivity index (χ3n) is 2.68. The summed E-state index contributed by atoms with van der Waals surface area (Å²) < 4.78 is 21.8. The average Bonchev–Trinajstić information content (AvgIpc) is 2.48. The van der Waals surface area contributed by atoms with Crippen molar-refractivity contribution in [3.63, 3.8) is 0 Å². The van der Waals surface area contributed by atoms with E-state index < -0.39 is 13.2 Å². The van der Waals surface area contributed by atoms with Gasteiger partial charge in [0.15, 0.2) is 8.32 Å². The van der Waals surface area contributed by atoms with Gasteiger partial charge < -0.3 is 18.6 Å². The van der Waals surface area contributed by atoms with Gasteiger partial charge in [-0.1, -0.05) is 0 Å². The van der Waals surface area contributed by atoms with Crippen molar-refractivity contribution < 1.29 is 23.6 Å². The summed E-state index contributed by atoms with van der Waals surface area (Å²) in [7, 11) is -1.45. The highest BCUT2D eigenvalue weighted by Gasteiger charge is 2.13. The van der Waals surface area contributed by atoms with Crippen molar-refractivity contribution in [3.8, 4) is 5.75 Å². The molecule has 0 aromatic heterocycles. The lowest BCUT2D eigenvalue weighted by Crippen LogP contribution is -2.27. The molecule has 0 aliphatic carbocycles. The van der Waals surface area contributed by atoms with Gasteiger partial charge in [-0.2, -0.15) is 0 Å². The van der Waals surface area contributed by atoms with Crippen LogP contribution < -0.4 is 4.74 Å². The zero-order valence-electron chi connectivity index (χ0n) is 13.9. The number of ether oxygens (including phenoxy) is 3. The minimum absolute atomic E-state index is 0.0452. The minimum atomic E-state index is -1.45. The third kappa shape index (κ3) is 10.0. The molecule has 0 aliphatic rings. The number of rotatable bonds is 12. The Bertz CT molecular complexity index is 460. The van der Waals surface area contributed by atoms with E-state index in [-0.39, 0.29) is 5.69 Å². The highest BCUT2D eigenvalue weighted by Crippen LogP contribution is 2.16. The van der Waals surface area contributed by atoms with E-state index in [9.17, 15) is 10.1 Å². The van der Waals surface area contributed by atoms with E-state index in [0.717, 1.165) is 0 Å². The molecule has 1 aromatic carbocycles. The summed E-state index contributed by atoms with van der Waals surface area (Å²) >= 11 is 0. The van der Waals surface area contributed by atoms with Crippen molar-refractivity contribution >= 4 is 14.0 Å². The Balaban J connectivity index is 1.96. The number of hydrogen-bond donors (Lipinski definition) is 0. The van der Waals surface area contributed by atoms with Gasteiger partial charge in [0.2, 0.25) is 0 Å². The Kier molecular flexibility index (Phi) is 8.78. The maximum Gasteiger partial charge on any atom is 0.269 e. The first-order valence-electron chi connectivity index (χ1n) is 7.55. The largest absolute Gasteiger partial charge is 0.491 e. The van der Waals surface area contributed by atoms with Crippen molar-refractivity contribution in [2.75, 3.05) is 39.6 Å². The Morgan fingerprint density at radius 1 is 0.913 bits per heavy atom. The van der Waals surface area contributed by atoms with E-state index in [4.69, 9.17) is 18.6 Å². The number of hydrogen-bond acceptors (Lipinski definition) is 6. The van der Waals surface area contributed by atoms with Gasteiger partial charge in [-0.05, 0) is 31.8 Å². The molecule has 7 nitrogen and oxygen atoms in total. The van der Waals surface area contributed by atoms with Gasteiger partial charge in [0, 0.05) is 12.1 Å². The highest BCUT2D eigenvalue weighted by atomic mass is 28.4. The van der Waals surface area contributed by atoms with Crippen LogP contribution in [-0.4, -0.2) is 52.9 Å². The molecule has 0 amide bonds. The number of nitro benzene ring substituents is 1. The van der Waals surface area contributed by atoms with Crippen LogP contribution in [0.25, 0.3) is 0 Å². The molecule has 1 aromatic rings. The molecule has 0 bridgehead atoms. The summed E-state index contributed by atoms with van der Waals surface area (Å²) in [4.78, 5) is 10.1. The van der Waals surface area contributed by atoms with Crippen LogP contribution in [0.5, 0.6) is 5.75 Å². The van der Waals surface area contributed by atoms with E-state index in [2.05, 4.69) is 19.6 Å². The van der Waals surface area contributed by atoms with Crippen molar-refractivity contribution in [2.24, 2.45) is 0 Å². The smallest absolute Gasteiger partial charge is 0.269 e. The molecule has 0 saturated heterocycles. The van der Waals surface area contributed by atoms with Crippen LogP contribution in [-0.2, 0) is 13.9 Å². The average molecular weight is 343 g/mol. The SMILES string of the molecule is C[Si](C)(C)OCCOCCOCCOc1ccc([N+](=O)[O-])cc1. The second kappa shape index (κ2) is 10.3. The van der Waals surface area contributed by atoms with Gasteiger partial charge in [-0.3, -0.25) is 10.1 Å². The second-order valence-electron chi connectivity index (χ2n) is 5.79. The normalized spacial score (nSPS) is 11.4. The quantitative estimate of drug-likeness (QED) is 0.251. The van der Waals surface area contributed by atoms with Gasteiger partial charge in [0.05, 0.1) is 38.0 Å². The lowest BCUT2D eigenvalue weighted by atomic mass is 10.3. The molecular weight excluding hydrogens is 318 g/mol. The summed E-state index contributed by atoms with van der Waals surface area (Å²) in [5.74, 6) is 0.582. The lowest BCUT2D eigenvalue weighted by Gasteiger charge is -2.16. The molecule has 130 valence electrons. The fourth-order valence-electron chi connectivity index (χ4n) is 1.61. The summed E-state index contributed by atoms with van der Waals surface area (Å²) in [6, 6.07) is 5.96. The fraction of sp³-hybridized carbons (Fsp3) is 0.600. The van der Waals surface area contributed by atoms with E-state index in [1.807, 2.05) is 0 Å². The number of nitro groups is 1. The van der Waals surface area contributed by atoms with Gasteiger partial charge in [-0.25, -0.2) is 0 Å². The number of nitrogens with zero attached hydrogens (tertiary/aromatic N) is 1. The standard InChI is InChI=1S/C15H25NO6Si/c1-23(2,3)22-13-11-20-9-8-19-10-12-21-15-6-4-14(5-7-15)16(17)18/h4-7H,8-13H2,1-3H3. The van der Waals surface area contributed by atoms with Crippen molar-refractivity contribution in [2.45, 2.75) is 19.6 Å². The van der Waals surface area contributed by atoms with E-state index >= 15 is 0 Å². The summed E-state index contributed by atoms with van der Waals surface area (Å²) in [5.41, 5.74) is 0.0452. The Hall–Kier alpha value is -1.48. The van der Waals surface area contributed by atoms with Crippen molar-refractivity contribution in [3.05, 3.63) is 34.4 Å².